The monoisotopic (exact) mass is 212 g/mol. The van der Waals surface area contributed by atoms with Gasteiger partial charge in [-0.15, -0.1) is 0 Å². The van der Waals surface area contributed by atoms with Gasteiger partial charge in [-0.3, -0.25) is 4.79 Å². The van der Waals surface area contributed by atoms with E-state index in [1.165, 1.54) is 0 Å². The molecule has 6 heteroatoms. The molecule has 1 aliphatic carbocycles. The number of quaternary nitrogens is 1. The third kappa shape index (κ3) is 3.06. The van der Waals surface area contributed by atoms with Gasteiger partial charge in [0.05, 0.1) is 0 Å². The number of nitrogens with zero attached hydrogens (tertiary/aromatic N) is 2. The topological polar surface area (TPSA) is 104 Å². The summed E-state index contributed by atoms with van der Waals surface area (Å²) in [5.41, 5.74) is 3.30. The fourth-order valence-corrected chi connectivity index (χ4v) is 0.798. The molecule has 14 heavy (non-hydrogen) atoms. The summed E-state index contributed by atoms with van der Waals surface area (Å²) in [6.45, 7) is 0. The van der Waals surface area contributed by atoms with Gasteiger partial charge in [0, 0.05) is 5.92 Å². The summed E-state index contributed by atoms with van der Waals surface area (Å²) >= 11 is 0. The average Bonchev–Trinajstić information content (AvgIpc) is 2.95. The largest absolute Gasteiger partial charge is 1.00 e. The molecule has 1 amide bonds. The molecule has 4 N–H and O–H groups in total. The van der Waals surface area contributed by atoms with E-state index in [9.17, 15) is 4.79 Å². The van der Waals surface area contributed by atoms with Gasteiger partial charge in [0.15, 0.2) is 11.8 Å². The van der Waals surface area contributed by atoms with Crippen LogP contribution in [0, 0.1) is 28.6 Å². The summed E-state index contributed by atoms with van der Waals surface area (Å²) in [6.07, 6.45) is 1.73. The number of allylic oxidation sites excluding steroid dienone is 2. The molecule has 1 aliphatic rings. The lowest BCUT2D eigenvalue weighted by Gasteiger charge is -1.98. The minimum Gasteiger partial charge on any atom is -1.00 e. The van der Waals surface area contributed by atoms with Crippen LogP contribution >= 0.6 is 0 Å². The third-order valence-electron chi connectivity index (χ3n) is 1.74. The predicted molar refractivity (Wildman–Crippen MR) is 42.0 cm³/mol. The number of rotatable bonds is 2. The number of carbonyl (C=O) groups is 1. The lowest BCUT2D eigenvalue weighted by atomic mass is 10.3. The highest BCUT2D eigenvalue weighted by atomic mass is 35.5. The van der Waals surface area contributed by atoms with Gasteiger partial charge in [-0.25, -0.2) is 0 Å². The first kappa shape index (κ1) is 12.4. The van der Waals surface area contributed by atoms with Crippen LogP contribution in [0.4, 0.5) is 0 Å². The molecule has 74 valence electrons. The number of amides is 1. The molecule has 0 atom stereocenters. The lowest BCUT2D eigenvalue weighted by molar-refractivity contribution is -0.294. The van der Waals surface area contributed by atoms with Crippen LogP contribution in [-0.2, 0) is 4.79 Å². The number of nitrogens with one attached hydrogen (secondary N) is 1. The second kappa shape index (κ2) is 5.23. The molecule has 0 heterocycles. The zero-order valence-electron chi connectivity index (χ0n) is 7.38. The minimum absolute atomic E-state index is 0. The second-order valence-electron chi connectivity index (χ2n) is 2.84. The van der Waals surface area contributed by atoms with Gasteiger partial charge < -0.3 is 23.5 Å². The smallest absolute Gasteiger partial charge is 0.240 e. The van der Waals surface area contributed by atoms with Crippen molar-refractivity contribution in [3.63, 3.8) is 0 Å². The lowest BCUT2D eigenvalue weighted by Crippen LogP contribution is -3.00. The van der Waals surface area contributed by atoms with E-state index in [1.54, 1.807) is 12.1 Å². The molecule has 1 rings (SSSR count). The fourth-order valence-electron chi connectivity index (χ4n) is 0.798. The Labute approximate surface area is 87.6 Å². The van der Waals surface area contributed by atoms with Crippen molar-refractivity contribution in [3.8, 4) is 12.1 Å². The van der Waals surface area contributed by atoms with Crippen LogP contribution in [-0.4, -0.2) is 5.91 Å². The van der Waals surface area contributed by atoms with E-state index in [-0.39, 0.29) is 35.6 Å². The van der Waals surface area contributed by atoms with Crippen LogP contribution in [0.3, 0.4) is 0 Å². The Morgan fingerprint density at radius 3 is 2.29 bits per heavy atom. The Morgan fingerprint density at radius 1 is 1.36 bits per heavy atom. The molecule has 0 bridgehead atoms. The Hall–Kier alpha value is -1.56. The number of nitriles is 2. The first-order valence-corrected chi connectivity index (χ1v) is 3.86. The molecule has 0 aromatic heterocycles. The Balaban J connectivity index is 0.00000169. The van der Waals surface area contributed by atoms with E-state index in [0.717, 1.165) is 12.8 Å². The predicted octanol–water partition coefficient (Wildman–Crippen LogP) is -3.98. The number of hydrogen-bond acceptors (Lipinski definition) is 3. The Bertz CT molecular complexity index is 345. The molecule has 0 saturated heterocycles. The van der Waals surface area contributed by atoms with Crippen LogP contribution in [0.2, 0.25) is 0 Å². The zero-order chi connectivity index (χ0) is 9.84. The van der Waals surface area contributed by atoms with E-state index in [4.69, 9.17) is 10.5 Å². The summed E-state index contributed by atoms with van der Waals surface area (Å²) in [7, 11) is 0. The van der Waals surface area contributed by atoms with E-state index < -0.39 is 0 Å². The number of carbonyl (C=O) groups excluding carboxylic acids is 1. The molecule has 0 unspecified atom stereocenters. The van der Waals surface area contributed by atoms with Crippen molar-refractivity contribution in [2.75, 3.05) is 0 Å². The van der Waals surface area contributed by atoms with Crippen molar-refractivity contribution in [2.24, 2.45) is 5.92 Å². The number of hydrogen-bond donors (Lipinski definition) is 2. The highest BCUT2D eigenvalue weighted by Gasteiger charge is 2.30. The van der Waals surface area contributed by atoms with Crippen molar-refractivity contribution in [1.82, 2.24) is 5.32 Å². The van der Waals surface area contributed by atoms with Crippen molar-refractivity contribution < 1.29 is 22.9 Å². The molecule has 0 spiro atoms. The van der Waals surface area contributed by atoms with Gasteiger partial charge in [0.2, 0.25) is 11.6 Å². The van der Waals surface area contributed by atoms with Crippen LogP contribution < -0.4 is 23.5 Å². The maximum atomic E-state index is 11.2. The number of halogens is 1. The van der Waals surface area contributed by atoms with Gasteiger partial charge >= 0.3 is 0 Å². The first-order valence-electron chi connectivity index (χ1n) is 3.86. The van der Waals surface area contributed by atoms with Crippen molar-refractivity contribution in [3.05, 3.63) is 11.4 Å². The van der Waals surface area contributed by atoms with Gasteiger partial charge in [-0.2, -0.15) is 10.5 Å². The maximum absolute atomic E-state index is 11.2. The third-order valence-corrected chi connectivity index (χ3v) is 1.74. The van der Waals surface area contributed by atoms with Crippen LogP contribution in [0.1, 0.15) is 12.8 Å². The summed E-state index contributed by atoms with van der Waals surface area (Å²) in [5, 5.41) is 19.4. The fraction of sp³-hybridized carbons (Fsp3) is 0.375. The molecule has 1 saturated carbocycles. The molecular formula is C8H9ClN4O. The molecule has 0 aromatic rings. The zero-order valence-corrected chi connectivity index (χ0v) is 8.14. The molecule has 5 nitrogen and oxygen atoms in total. The summed E-state index contributed by atoms with van der Waals surface area (Å²) in [6, 6.07) is 3.44. The van der Waals surface area contributed by atoms with Gasteiger partial charge in [-0.05, 0) is 12.8 Å². The van der Waals surface area contributed by atoms with Gasteiger partial charge in [-0.1, -0.05) is 0 Å². The molecule has 0 aliphatic heterocycles. The minimum atomic E-state index is -0.187. The van der Waals surface area contributed by atoms with Crippen molar-refractivity contribution in [1.29, 1.82) is 10.5 Å². The molecular weight excluding hydrogens is 204 g/mol. The van der Waals surface area contributed by atoms with E-state index in [1.807, 2.05) is 0 Å². The van der Waals surface area contributed by atoms with E-state index >= 15 is 0 Å². The standard InChI is InChI=1S/C8H8N4O.ClH/c9-3-6(11)7(4-10)12-8(13)5-1-2-5;/h5H,1-2,11H2,(H,12,13);1H. The summed E-state index contributed by atoms with van der Waals surface area (Å²) < 4.78 is 0. The van der Waals surface area contributed by atoms with Crippen LogP contribution in [0.15, 0.2) is 11.4 Å². The van der Waals surface area contributed by atoms with E-state index in [0.29, 0.717) is 0 Å². The highest BCUT2D eigenvalue weighted by Crippen LogP contribution is 2.28. The molecule has 1 fully saturated rings. The Morgan fingerprint density at radius 2 is 1.93 bits per heavy atom. The maximum Gasteiger partial charge on any atom is 0.240 e. The van der Waals surface area contributed by atoms with E-state index in [2.05, 4.69) is 11.1 Å². The van der Waals surface area contributed by atoms with Gasteiger partial charge in [0.1, 0.15) is 6.07 Å². The van der Waals surface area contributed by atoms with Crippen LogP contribution in [0.25, 0.3) is 0 Å². The first-order chi connectivity index (χ1) is 6.19. The summed E-state index contributed by atoms with van der Waals surface area (Å²) in [5.74, 6) is -0.164. The van der Waals surface area contributed by atoms with Crippen molar-refractivity contribution in [2.45, 2.75) is 12.8 Å². The van der Waals surface area contributed by atoms with Crippen LogP contribution in [0.5, 0.6) is 0 Å². The molecule has 0 radical (unpaired) electrons. The average molecular weight is 213 g/mol. The normalized spacial score (nSPS) is 15.4. The molecule has 0 aromatic carbocycles. The second-order valence-corrected chi connectivity index (χ2v) is 2.84. The Kier molecular flexibility index (Phi) is 4.65. The van der Waals surface area contributed by atoms with Crippen molar-refractivity contribution >= 4 is 5.91 Å². The quantitative estimate of drug-likeness (QED) is 0.456. The summed E-state index contributed by atoms with van der Waals surface area (Å²) in [4.78, 5) is 11.2. The van der Waals surface area contributed by atoms with Gasteiger partial charge in [0.25, 0.3) is 0 Å². The SMILES string of the molecule is N#CC([NH3+])=C(C#N)NC(=O)C1CC1.[Cl-]. The highest BCUT2D eigenvalue weighted by molar-refractivity contribution is 5.83.